The van der Waals surface area contributed by atoms with Gasteiger partial charge >= 0.3 is 19.8 Å². The second kappa shape index (κ2) is 45.2. The Morgan fingerprint density at radius 1 is 0.569 bits per heavy atom. The van der Waals surface area contributed by atoms with Crippen molar-refractivity contribution in [3.8, 4) is 0 Å². The Labute approximate surface area is 398 Å². The number of nitrogens with zero attached hydrogens (tertiary/aromatic N) is 1. The van der Waals surface area contributed by atoms with Gasteiger partial charge in [-0.25, -0.2) is 4.57 Å². The highest BCUT2D eigenvalue weighted by Crippen LogP contribution is 2.43. The van der Waals surface area contributed by atoms with Crippen molar-refractivity contribution in [2.75, 3.05) is 47.5 Å². The van der Waals surface area contributed by atoms with Crippen molar-refractivity contribution in [1.82, 2.24) is 0 Å². The van der Waals surface area contributed by atoms with E-state index in [1.54, 1.807) is 6.08 Å². The third-order valence-corrected chi connectivity index (χ3v) is 11.8. The van der Waals surface area contributed by atoms with Crippen molar-refractivity contribution < 1.29 is 47.2 Å². The number of carbonyl (C=O) groups excluding carboxylic acids is 2. The Morgan fingerprint density at radius 3 is 1.57 bits per heavy atom. The zero-order chi connectivity index (χ0) is 48.0. The predicted molar refractivity (Wildman–Crippen MR) is 272 cm³/mol. The molecule has 3 atom stereocenters. The lowest BCUT2D eigenvalue weighted by Gasteiger charge is -2.24. The maximum atomic E-state index is 12.7. The summed E-state index contributed by atoms with van der Waals surface area (Å²) in [6.45, 7) is 4.13. The molecule has 0 aromatic rings. The number of ether oxygens (including phenoxy) is 2. The molecular formula is C54H97NO9P+. The summed E-state index contributed by atoms with van der Waals surface area (Å²) >= 11 is 0. The number of hydrogen-bond donors (Lipinski definition) is 2. The number of esters is 2. The Bertz CT molecular complexity index is 1350. The highest BCUT2D eigenvalue weighted by atomic mass is 31.2. The number of aliphatic hydroxyl groups excluding tert-OH is 1. The van der Waals surface area contributed by atoms with Crippen molar-refractivity contribution in [1.29, 1.82) is 0 Å². The van der Waals surface area contributed by atoms with Gasteiger partial charge in [0, 0.05) is 12.8 Å². The molecule has 0 bridgehead atoms. The van der Waals surface area contributed by atoms with Gasteiger partial charge in [-0.3, -0.25) is 18.6 Å². The van der Waals surface area contributed by atoms with E-state index in [0.717, 1.165) is 44.9 Å². The third kappa shape index (κ3) is 49.1. The van der Waals surface area contributed by atoms with Gasteiger partial charge in [0.15, 0.2) is 6.10 Å². The molecule has 0 aromatic carbocycles. The smallest absolute Gasteiger partial charge is 0.462 e. The average Bonchev–Trinajstić information content (AvgIpc) is 3.26. The number of phosphoric acid groups is 1. The first-order chi connectivity index (χ1) is 31.4. The zero-order valence-corrected chi connectivity index (χ0v) is 43.0. The van der Waals surface area contributed by atoms with E-state index in [1.807, 2.05) is 57.6 Å². The number of rotatable bonds is 46. The minimum absolute atomic E-state index is 0.00898. The van der Waals surface area contributed by atoms with Crippen LogP contribution in [0.15, 0.2) is 72.9 Å². The number of allylic oxidation sites excluding steroid dienone is 10. The van der Waals surface area contributed by atoms with Crippen molar-refractivity contribution in [3.63, 3.8) is 0 Å². The predicted octanol–water partition coefficient (Wildman–Crippen LogP) is 14.3. The Kier molecular flexibility index (Phi) is 43.4. The summed E-state index contributed by atoms with van der Waals surface area (Å²) in [7, 11) is 1.40. The summed E-state index contributed by atoms with van der Waals surface area (Å²) in [4.78, 5) is 35.5. The maximum Gasteiger partial charge on any atom is 0.472 e. The summed E-state index contributed by atoms with van der Waals surface area (Å²) in [5, 5.41) is 9.86. The monoisotopic (exact) mass is 935 g/mol. The molecule has 11 heteroatoms. The van der Waals surface area contributed by atoms with Crippen molar-refractivity contribution >= 4 is 19.8 Å². The standard InChI is InChI=1S/C54H96NO9P/c1-6-8-10-11-12-13-14-15-16-17-18-19-20-21-22-25-28-31-34-37-41-45-53(57)61-49-52(50-63-65(59,60)62-48-47-55(3,4)5)64-54(58)46-42-38-35-32-29-26-23-24-27-30-33-36-40-44-51(56)43-39-9-7-2/h9,24,26-27,29,33,35-36,38-40,44,51-52,56H,6-8,10-23,25,28,30-32,34,37,41-43,45-50H2,1-5H3/p+1/b27-24-,29-26-,36-33+,38-35-,39-9-,44-40+/t51?,52-/m1/s1. The second-order valence-electron chi connectivity index (χ2n) is 18.4. The average molecular weight is 935 g/mol. The summed E-state index contributed by atoms with van der Waals surface area (Å²) in [5.74, 6) is -0.914. The van der Waals surface area contributed by atoms with E-state index < -0.39 is 38.6 Å². The molecule has 10 nitrogen and oxygen atoms in total. The molecule has 0 radical (unpaired) electrons. The van der Waals surface area contributed by atoms with Crippen molar-refractivity contribution in [2.45, 2.75) is 212 Å². The normalized spacial score (nSPS) is 14.5. The third-order valence-electron chi connectivity index (χ3n) is 10.8. The van der Waals surface area contributed by atoms with E-state index in [0.29, 0.717) is 23.9 Å². The lowest BCUT2D eigenvalue weighted by Crippen LogP contribution is -2.37. The number of unbranched alkanes of at least 4 members (excludes halogenated alkanes) is 20. The number of quaternary nitrogens is 1. The SMILES string of the molecule is CC/C=C\CC(O)/C=C/C=C/C/C=C\C/C=C\C/C=C\CCC(=O)O[C@H](COC(=O)CCCCCCCCCCCCCCCCCCCCCCC)COP(=O)(O)OCC[N+](C)(C)C. The van der Waals surface area contributed by atoms with Crippen LogP contribution in [0.25, 0.3) is 0 Å². The Balaban J connectivity index is 4.38. The van der Waals surface area contributed by atoms with Gasteiger partial charge in [-0.2, -0.15) is 0 Å². The van der Waals surface area contributed by atoms with E-state index in [4.69, 9.17) is 18.5 Å². The molecule has 0 heterocycles. The van der Waals surface area contributed by atoms with Crippen molar-refractivity contribution in [2.24, 2.45) is 0 Å². The number of hydrogen-bond acceptors (Lipinski definition) is 8. The summed E-state index contributed by atoms with van der Waals surface area (Å²) in [5.41, 5.74) is 0. The minimum Gasteiger partial charge on any atom is -0.462 e. The lowest BCUT2D eigenvalue weighted by molar-refractivity contribution is -0.870. The summed E-state index contributed by atoms with van der Waals surface area (Å²) in [6.07, 6.45) is 54.5. The Morgan fingerprint density at radius 2 is 1.06 bits per heavy atom. The number of phosphoric ester groups is 1. The molecule has 376 valence electrons. The van der Waals surface area contributed by atoms with E-state index >= 15 is 0 Å². The first kappa shape index (κ1) is 62.4. The molecule has 2 N–H and O–H groups in total. The molecule has 0 aliphatic heterocycles. The molecule has 0 saturated heterocycles. The minimum atomic E-state index is -4.41. The van der Waals surface area contributed by atoms with Gasteiger partial charge in [-0.15, -0.1) is 0 Å². The maximum absolute atomic E-state index is 12.7. The largest absolute Gasteiger partial charge is 0.472 e. The van der Waals surface area contributed by atoms with Crippen LogP contribution in [0.3, 0.4) is 0 Å². The molecule has 0 aromatic heterocycles. The van der Waals surface area contributed by atoms with Gasteiger partial charge in [0.05, 0.1) is 33.9 Å². The number of likely N-dealkylation sites (N-methyl/N-ethyl adjacent to an activating group) is 1. The van der Waals surface area contributed by atoms with Gasteiger partial charge in [-0.05, 0) is 44.9 Å². The number of carbonyl (C=O) groups is 2. The molecule has 0 aliphatic carbocycles. The molecule has 0 rings (SSSR count). The van der Waals surface area contributed by atoms with E-state index in [1.165, 1.54) is 116 Å². The van der Waals surface area contributed by atoms with E-state index in [2.05, 4.69) is 44.2 Å². The highest BCUT2D eigenvalue weighted by Gasteiger charge is 2.27. The van der Waals surface area contributed by atoms with Crippen LogP contribution in [0.5, 0.6) is 0 Å². The van der Waals surface area contributed by atoms with Gasteiger partial charge in [0.1, 0.15) is 19.8 Å². The number of aliphatic hydroxyl groups is 1. The quantitative estimate of drug-likeness (QED) is 0.0153. The molecule has 0 spiro atoms. The first-order valence-corrected chi connectivity index (χ1v) is 27.3. The molecule has 0 aliphatic rings. The van der Waals surface area contributed by atoms with Crippen LogP contribution in [0.4, 0.5) is 0 Å². The van der Waals surface area contributed by atoms with Gasteiger partial charge in [0.2, 0.25) is 0 Å². The molecule has 0 saturated carbocycles. The zero-order valence-electron chi connectivity index (χ0n) is 42.1. The fourth-order valence-corrected chi connectivity index (χ4v) is 7.57. The van der Waals surface area contributed by atoms with E-state index in [9.17, 15) is 24.2 Å². The van der Waals surface area contributed by atoms with Crippen LogP contribution in [-0.4, -0.2) is 86.1 Å². The fraction of sp³-hybridized carbons (Fsp3) is 0.741. The van der Waals surface area contributed by atoms with Gasteiger partial charge < -0.3 is 24.0 Å². The molecule has 0 fully saturated rings. The van der Waals surface area contributed by atoms with Crippen LogP contribution in [-0.2, 0) is 32.7 Å². The molecular weight excluding hydrogens is 838 g/mol. The van der Waals surface area contributed by atoms with Crippen LogP contribution in [0.1, 0.15) is 200 Å². The Hall–Kier alpha value is -2.59. The second-order valence-corrected chi connectivity index (χ2v) is 19.8. The highest BCUT2D eigenvalue weighted by molar-refractivity contribution is 7.47. The topological polar surface area (TPSA) is 129 Å². The molecule has 2 unspecified atom stereocenters. The van der Waals surface area contributed by atoms with Crippen LogP contribution in [0, 0.1) is 0 Å². The first-order valence-electron chi connectivity index (χ1n) is 25.8. The van der Waals surface area contributed by atoms with Crippen LogP contribution < -0.4 is 0 Å². The van der Waals surface area contributed by atoms with Gasteiger partial charge in [0.25, 0.3) is 0 Å². The van der Waals surface area contributed by atoms with Crippen molar-refractivity contribution in [3.05, 3.63) is 72.9 Å². The van der Waals surface area contributed by atoms with Crippen LogP contribution >= 0.6 is 7.82 Å². The molecule has 0 amide bonds. The van der Waals surface area contributed by atoms with Crippen LogP contribution in [0.2, 0.25) is 0 Å². The fourth-order valence-electron chi connectivity index (χ4n) is 6.83. The van der Waals surface area contributed by atoms with Gasteiger partial charge in [-0.1, -0.05) is 215 Å². The summed E-state index contributed by atoms with van der Waals surface area (Å²) < 4.78 is 34.3. The van der Waals surface area contributed by atoms with E-state index in [-0.39, 0.29) is 26.1 Å². The molecule has 65 heavy (non-hydrogen) atoms. The summed E-state index contributed by atoms with van der Waals surface area (Å²) in [6, 6.07) is 0. The lowest BCUT2D eigenvalue weighted by atomic mass is 10.0.